The highest BCUT2D eigenvalue weighted by atomic mass is 35.5. The Balaban J connectivity index is 2.89. The predicted molar refractivity (Wildman–Crippen MR) is 72.9 cm³/mol. The minimum Gasteiger partial charge on any atom is -0.303 e. The molecular formula is C14H20ClNO. The van der Waals surface area contributed by atoms with Crippen molar-refractivity contribution < 1.29 is 4.79 Å². The predicted octanol–water partition coefficient (Wildman–Crippen LogP) is 3.61. The molecule has 3 heteroatoms. The number of hydrogen-bond acceptors (Lipinski definition) is 2. The highest BCUT2D eigenvalue weighted by Gasteiger charge is 2.20. The second-order valence-corrected chi connectivity index (χ2v) is 5.93. The zero-order valence-corrected chi connectivity index (χ0v) is 11.9. The van der Waals surface area contributed by atoms with Gasteiger partial charge in [0.15, 0.2) is 5.78 Å². The molecule has 1 unspecified atom stereocenters. The van der Waals surface area contributed by atoms with Crippen molar-refractivity contribution in [2.45, 2.75) is 46.2 Å². The van der Waals surface area contributed by atoms with Crippen LogP contribution in [0, 0.1) is 6.92 Å². The van der Waals surface area contributed by atoms with Gasteiger partial charge < -0.3 is 5.32 Å². The maximum atomic E-state index is 12.2. The Morgan fingerprint density at radius 1 is 1.29 bits per heavy atom. The SMILES string of the molecule is Cc1cc(Cl)cc(C(=O)C(C)NC(C)(C)C)c1. The molecule has 1 atom stereocenters. The van der Waals surface area contributed by atoms with Crippen molar-refractivity contribution >= 4 is 17.4 Å². The molecule has 94 valence electrons. The second kappa shape index (κ2) is 5.19. The first-order valence-electron chi connectivity index (χ1n) is 5.78. The van der Waals surface area contributed by atoms with E-state index in [1.807, 2.05) is 46.8 Å². The first-order chi connectivity index (χ1) is 7.69. The summed E-state index contributed by atoms with van der Waals surface area (Å²) in [6, 6.07) is 5.22. The number of benzene rings is 1. The monoisotopic (exact) mass is 253 g/mol. The lowest BCUT2D eigenvalue weighted by atomic mass is 10.0. The number of carbonyl (C=O) groups excluding carboxylic acids is 1. The Kier molecular flexibility index (Phi) is 4.34. The van der Waals surface area contributed by atoms with E-state index in [9.17, 15) is 4.79 Å². The summed E-state index contributed by atoms with van der Waals surface area (Å²) < 4.78 is 0. The number of halogens is 1. The Bertz CT molecular complexity index is 400. The van der Waals surface area contributed by atoms with Crippen molar-refractivity contribution in [1.82, 2.24) is 5.32 Å². The number of carbonyl (C=O) groups is 1. The van der Waals surface area contributed by atoms with Gasteiger partial charge in [0.25, 0.3) is 0 Å². The van der Waals surface area contributed by atoms with Gasteiger partial charge in [0.1, 0.15) is 0 Å². The fraction of sp³-hybridized carbons (Fsp3) is 0.500. The van der Waals surface area contributed by atoms with Gasteiger partial charge in [0, 0.05) is 16.1 Å². The number of rotatable bonds is 3. The number of aryl methyl sites for hydroxylation is 1. The molecule has 2 nitrogen and oxygen atoms in total. The van der Waals surface area contributed by atoms with E-state index in [2.05, 4.69) is 5.32 Å². The lowest BCUT2D eigenvalue weighted by molar-refractivity contribution is 0.0935. The van der Waals surface area contributed by atoms with Gasteiger partial charge in [-0.3, -0.25) is 4.79 Å². The second-order valence-electron chi connectivity index (χ2n) is 5.50. The molecular weight excluding hydrogens is 234 g/mol. The molecule has 0 bridgehead atoms. The van der Waals surface area contributed by atoms with Crippen molar-refractivity contribution in [2.24, 2.45) is 0 Å². The van der Waals surface area contributed by atoms with Gasteiger partial charge in [-0.1, -0.05) is 11.6 Å². The average molecular weight is 254 g/mol. The summed E-state index contributed by atoms with van der Waals surface area (Å²) in [5.74, 6) is 0.0746. The Labute approximate surface area is 108 Å². The van der Waals surface area contributed by atoms with Gasteiger partial charge in [-0.2, -0.15) is 0 Å². The molecule has 0 radical (unpaired) electrons. The fourth-order valence-corrected chi connectivity index (χ4v) is 2.13. The number of ketones is 1. The third-order valence-electron chi connectivity index (χ3n) is 2.37. The quantitative estimate of drug-likeness (QED) is 0.834. The van der Waals surface area contributed by atoms with Crippen LogP contribution in [0.3, 0.4) is 0 Å². The maximum Gasteiger partial charge on any atom is 0.179 e. The van der Waals surface area contributed by atoms with Gasteiger partial charge >= 0.3 is 0 Å². The number of Topliss-reactive ketones (excluding diaryl/α,β-unsaturated/α-hetero) is 1. The highest BCUT2D eigenvalue weighted by molar-refractivity contribution is 6.31. The topological polar surface area (TPSA) is 29.1 Å². The first-order valence-corrected chi connectivity index (χ1v) is 6.16. The summed E-state index contributed by atoms with van der Waals surface area (Å²) in [5, 5.41) is 3.87. The van der Waals surface area contributed by atoms with Crippen LogP contribution in [-0.4, -0.2) is 17.4 Å². The maximum absolute atomic E-state index is 12.2. The highest BCUT2D eigenvalue weighted by Crippen LogP contribution is 2.16. The van der Waals surface area contributed by atoms with E-state index >= 15 is 0 Å². The third kappa shape index (κ3) is 4.49. The van der Waals surface area contributed by atoms with E-state index in [4.69, 9.17) is 11.6 Å². The van der Waals surface area contributed by atoms with E-state index in [1.54, 1.807) is 6.07 Å². The molecule has 1 rings (SSSR count). The van der Waals surface area contributed by atoms with Gasteiger partial charge in [0.05, 0.1) is 6.04 Å². The largest absolute Gasteiger partial charge is 0.303 e. The summed E-state index contributed by atoms with van der Waals surface area (Å²) in [6.45, 7) is 9.94. The van der Waals surface area contributed by atoms with E-state index in [-0.39, 0.29) is 17.4 Å². The van der Waals surface area contributed by atoms with Gasteiger partial charge in [-0.25, -0.2) is 0 Å². The molecule has 17 heavy (non-hydrogen) atoms. The average Bonchev–Trinajstić information content (AvgIpc) is 2.12. The molecule has 0 saturated carbocycles. The molecule has 0 amide bonds. The van der Waals surface area contributed by atoms with Crippen LogP contribution in [0.5, 0.6) is 0 Å². The Hall–Kier alpha value is -0.860. The number of hydrogen-bond donors (Lipinski definition) is 1. The summed E-state index contributed by atoms with van der Waals surface area (Å²) >= 11 is 5.96. The van der Waals surface area contributed by atoms with Crippen molar-refractivity contribution in [2.75, 3.05) is 0 Å². The summed E-state index contributed by atoms with van der Waals surface area (Å²) in [4.78, 5) is 12.2. The van der Waals surface area contributed by atoms with E-state index in [0.717, 1.165) is 5.56 Å². The van der Waals surface area contributed by atoms with E-state index < -0.39 is 0 Å². The molecule has 0 saturated heterocycles. The molecule has 0 aliphatic heterocycles. The molecule has 0 aliphatic carbocycles. The molecule has 0 aliphatic rings. The van der Waals surface area contributed by atoms with Crippen LogP contribution in [0.15, 0.2) is 18.2 Å². The third-order valence-corrected chi connectivity index (χ3v) is 2.59. The molecule has 0 spiro atoms. The van der Waals surface area contributed by atoms with E-state index in [1.165, 1.54) is 0 Å². The molecule has 0 fully saturated rings. The standard InChI is InChI=1S/C14H20ClNO/c1-9-6-11(8-12(15)7-9)13(17)10(2)16-14(3,4)5/h6-8,10,16H,1-5H3. The number of nitrogens with one attached hydrogen (secondary N) is 1. The van der Waals surface area contributed by atoms with Crippen LogP contribution in [0.4, 0.5) is 0 Å². The first kappa shape index (κ1) is 14.2. The Morgan fingerprint density at radius 3 is 2.35 bits per heavy atom. The normalized spacial score (nSPS) is 13.5. The van der Waals surface area contributed by atoms with Crippen LogP contribution in [0.25, 0.3) is 0 Å². The minimum absolute atomic E-state index is 0.0746. The molecule has 0 aromatic heterocycles. The molecule has 1 aromatic carbocycles. The van der Waals surface area contributed by atoms with Gasteiger partial charge in [0.2, 0.25) is 0 Å². The van der Waals surface area contributed by atoms with Crippen molar-refractivity contribution in [3.63, 3.8) is 0 Å². The van der Waals surface area contributed by atoms with Crippen molar-refractivity contribution in [1.29, 1.82) is 0 Å². The summed E-state index contributed by atoms with van der Waals surface area (Å²) in [6.07, 6.45) is 0. The van der Waals surface area contributed by atoms with Crippen molar-refractivity contribution in [3.05, 3.63) is 34.3 Å². The zero-order chi connectivity index (χ0) is 13.2. The van der Waals surface area contributed by atoms with Crippen LogP contribution in [0.1, 0.15) is 43.6 Å². The molecule has 1 N–H and O–H groups in total. The minimum atomic E-state index is -0.215. The lowest BCUT2D eigenvalue weighted by Gasteiger charge is -2.25. The molecule has 1 aromatic rings. The zero-order valence-electron chi connectivity index (χ0n) is 11.1. The van der Waals surface area contributed by atoms with Crippen LogP contribution in [-0.2, 0) is 0 Å². The summed E-state index contributed by atoms with van der Waals surface area (Å²) in [5.41, 5.74) is 1.59. The smallest absolute Gasteiger partial charge is 0.179 e. The van der Waals surface area contributed by atoms with Crippen molar-refractivity contribution in [3.8, 4) is 0 Å². The van der Waals surface area contributed by atoms with Crippen LogP contribution < -0.4 is 5.32 Å². The summed E-state index contributed by atoms with van der Waals surface area (Å²) in [7, 11) is 0. The van der Waals surface area contributed by atoms with E-state index in [0.29, 0.717) is 10.6 Å². The lowest BCUT2D eigenvalue weighted by Crippen LogP contribution is -2.46. The Morgan fingerprint density at radius 2 is 1.88 bits per heavy atom. The fourth-order valence-electron chi connectivity index (χ4n) is 1.84. The molecule has 0 heterocycles. The van der Waals surface area contributed by atoms with Crippen LogP contribution >= 0.6 is 11.6 Å². The van der Waals surface area contributed by atoms with Gasteiger partial charge in [-0.15, -0.1) is 0 Å². The van der Waals surface area contributed by atoms with Gasteiger partial charge in [-0.05, 0) is 58.4 Å². The van der Waals surface area contributed by atoms with Crippen LogP contribution in [0.2, 0.25) is 5.02 Å².